The van der Waals surface area contributed by atoms with E-state index in [1.165, 1.54) is 0 Å². The molecule has 0 N–H and O–H groups in total. The number of hydrogen-bond acceptors (Lipinski definition) is 4. The Labute approximate surface area is 90.7 Å². The molecule has 0 aliphatic carbocycles. The summed E-state index contributed by atoms with van der Waals surface area (Å²) in [5, 5.41) is 0. The highest BCUT2D eigenvalue weighted by Crippen LogP contribution is 2.37. The summed E-state index contributed by atoms with van der Waals surface area (Å²) in [4.78, 5) is 15.8. The smallest absolute Gasteiger partial charge is 0.331 e. The van der Waals surface area contributed by atoms with Crippen molar-refractivity contribution in [1.82, 2.24) is 0 Å². The number of carbonyl (C=O) groups is 1. The minimum absolute atomic E-state index is 0.252. The second kappa shape index (κ2) is 3.51. The third kappa shape index (κ3) is 1.85. The average Bonchev–Trinajstić information content (AvgIpc) is 2.09. The van der Waals surface area contributed by atoms with Crippen LogP contribution in [0, 0.1) is 5.41 Å². The summed E-state index contributed by atoms with van der Waals surface area (Å²) < 4.78 is 10.7. The molecule has 1 aliphatic heterocycles. The van der Waals surface area contributed by atoms with Gasteiger partial charge in [0.2, 0.25) is 5.90 Å². The molecule has 0 bridgehead atoms. The normalized spacial score (nSPS) is 32.0. The molecule has 2 atom stereocenters. The SMILES string of the molecule is COC1=N[C@H](C)C(=O)O[C@@]1(C)C(C)(C)C. The van der Waals surface area contributed by atoms with Gasteiger partial charge in [0.1, 0.15) is 6.04 Å². The minimum Gasteiger partial charge on any atom is -0.481 e. The van der Waals surface area contributed by atoms with Crippen molar-refractivity contribution < 1.29 is 14.3 Å². The summed E-state index contributed by atoms with van der Waals surface area (Å²) in [6, 6.07) is -0.477. The van der Waals surface area contributed by atoms with Gasteiger partial charge in [-0.05, 0) is 13.8 Å². The van der Waals surface area contributed by atoms with Crippen LogP contribution in [-0.2, 0) is 14.3 Å². The van der Waals surface area contributed by atoms with Crippen LogP contribution in [0.2, 0.25) is 0 Å². The van der Waals surface area contributed by atoms with Crippen LogP contribution >= 0.6 is 0 Å². The summed E-state index contributed by atoms with van der Waals surface area (Å²) in [5.74, 6) is 0.190. The maximum Gasteiger partial charge on any atom is 0.331 e. The van der Waals surface area contributed by atoms with E-state index in [0.29, 0.717) is 5.90 Å². The first-order valence-electron chi connectivity index (χ1n) is 5.07. The maximum absolute atomic E-state index is 11.5. The zero-order valence-electron chi connectivity index (χ0n) is 10.2. The van der Waals surface area contributed by atoms with Gasteiger partial charge < -0.3 is 9.47 Å². The standard InChI is InChI=1S/C11H19NO3/c1-7-8(13)15-11(5,10(2,3)4)9(12-7)14-6/h7H,1-6H3/t7-,11-/m1/s1. The van der Waals surface area contributed by atoms with Gasteiger partial charge in [0.15, 0.2) is 5.60 Å². The lowest BCUT2D eigenvalue weighted by Gasteiger charge is -2.43. The highest BCUT2D eigenvalue weighted by Gasteiger charge is 2.50. The summed E-state index contributed by atoms with van der Waals surface area (Å²) in [6.45, 7) is 9.50. The van der Waals surface area contributed by atoms with Crippen LogP contribution in [0.25, 0.3) is 0 Å². The molecule has 0 unspecified atom stereocenters. The van der Waals surface area contributed by atoms with E-state index < -0.39 is 11.6 Å². The number of ether oxygens (including phenoxy) is 2. The van der Waals surface area contributed by atoms with E-state index in [9.17, 15) is 4.79 Å². The number of rotatable bonds is 0. The molecule has 0 aromatic heterocycles. The van der Waals surface area contributed by atoms with E-state index in [0.717, 1.165) is 0 Å². The number of cyclic esters (lactones) is 1. The summed E-state index contributed by atoms with van der Waals surface area (Å²) in [5.41, 5.74) is -1.04. The molecule has 15 heavy (non-hydrogen) atoms. The van der Waals surface area contributed by atoms with E-state index in [-0.39, 0.29) is 11.4 Å². The fourth-order valence-electron chi connectivity index (χ4n) is 1.40. The Balaban J connectivity index is 3.19. The van der Waals surface area contributed by atoms with Crippen molar-refractivity contribution >= 4 is 11.9 Å². The molecular formula is C11H19NO3. The molecule has 86 valence electrons. The molecule has 0 aromatic carbocycles. The Morgan fingerprint density at radius 2 is 2.00 bits per heavy atom. The molecule has 0 saturated heterocycles. The zero-order chi connectivity index (χ0) is 11.9. The molecule has 1 aliphatic rings. The van der Waals surface area contributed by atoms with Gasteiger partial charge in [0, 0.05) is 5.41 Å². The molecular weight excluding hydrogens is 194 g/mol. The van der Waals surface area contributed by atoms with Crippen LogP contribution in [0.1, 0.15) is 34.6 Å². The maximum atomic E-state index is 11.5. The molecule has 0 radical (unpaired) electrons. The summed E-state index contributed by atoms with van der Waals surface area (Å²) in [7, 11) is 1.55. The third-order valence-corrected chi connectivity index (χ3v) is 2.99. The highest BCUT2D eigenvalue weighted by molar-refractivity contribution is 5.94. The van der Waals surface area contributed by atoms with Crippen LogP contribution < -0.4 is 0 Å². The lowest BCUT2D eigenvalue weighted by atomic mass is 9.76. The average molecular weight is 213 g/mol. The molecule has 4 heteroatoms. The Morgan fingerprint density at radius 3 is 2.40 bits per heavy atom. The number of carbonyl (C=O) groups excluding carboxylic acids is 1. The topological polar surface area (TPSA) is 47.9 Å². The van der Waals surface area contributed by atoms with E-state index in [1.807, 2.05) is 27.7 Å². The van der Waals surface area contributed by atoms with Crippen molar-refractivity contribution in [3.63, 3.8) is 0 Å². The summed E-state index contributed by atoms with van der Waals surface area (Å²) >= 11 is 0. The van der Waals surface area contributed by atoms with Crippen molar-refractivity contribution in [2.45, 2.75) is 46.3 Å². The van der Waals surface area contributed by atoms with Gasteiger partial charge in [-0.2, -0.15) is 0 Å². The first-order chi connectivity index (χ1) is 6.72. The lowest BCUT2D eigenvalue weighted by molar-refractivity contribution is -0.165. The Bertz CT molecular complexity index is 303. The predicted octanol–water partition coefficient (Wildman–Crippen LogP) is 1.78. The van der Waals surface area contributed by atoms with Gasteiger partial charge in [-0.15, -0.1) is 0 Å². The van der Waals surface area contributed by atoms with E-state index in [2.05, 4.69) is 4.99 Å². The lowest BCUT2D eigenvalue weighted by Crippen LogP contribution is -2.55. The first kappa shape index (κ1) is 12.0. The Kier molecular flexibility index (Phi) is 2.81. The highest BCUT2D eigenvalue weighted by atomic mass is 16.6. The quantitative estimate of drug-likeness (QED) is 0.576. The number of nitrogens with zero attached hydrogens (tertiary/aromatic N) is 1. The van der Waals surface area contributed by atoms with Crippen LogP contribution in [-0.4, -0.2) is 30.6 Å². The molecule has 1 rings (SSSR count). The van der Waals surface area contributed by atoms with Crippen LogP contribution in [0.5, 0.6) is 0 Å². The largest absolute Gasteiger partial charge is 0.481 e. The van der Waals surface area contributed by atoms with Crippen molar-refractivity contribution in [2.24, 2.45) is 10.4 Å². The molecule has 0 aromatic rings. The van der Waals surface area contributed by atoms with Gasteiger partial charge in [-0.25, -0.2) is 9.79 Å². The molecule has 0 amide bonds. The second-order valence-electron chi connectivity index (χ2n) is 5.02. The van der Waals surface area contributed by atoms with Crippen LogP contribution in [0.3, 0.4) is 0 Å². The number of methoxy groups -OCH3 is 1. The van der Waals surface area contributed by atoms with E-state index in [1.54, 1.807) is 14.0 Å². The van der Waals surface area contributed by atoms with Gasteiger partial charge in [0.25, 0.3) is 0 Å². The monoisotopic (exact) mass is 213 g/mol. The van der Waals surface area contributed by atoms with E-state index in [4.69, 9.17) is 9.47 Å². The van der Waals surface area contributed by atoms with Crippen molar-refractivity contribution in [3.8, 4) is 0 Å². The van der Waals surface area contributed by atoms with Crippen molar-refractivity contribution in [3.05, 3.63) is 0 Å². The Hall–Kier alpha value is -1.06. The third-order valence-electron chi connectivity index (χ3n) is 2.99. The molecule has 0 spiro atoms. The van der Waals surface area contributed by atoms with Crippen molar-refractivity contribution in [1.29, 1.82) is 0 Å². The molecule has 0 saturated carbocycles. The molecule has 4 nitrogen and oxygen atoms in total. The van der Waals surface area contributed by atoms with Crippen LogP contribution in [0.15, 0.2) is 4.99 Å². The van der Waals surface area contributed by atoms with Gasteiger partial charge >= 0.3 is 5.97 Å². The number of aliphatic imine (C=N–C) groups is 1. The zero-order valence-corrected chi connectivity index (χ0v) is 10.2. The fraction of sp³-hybridized carbons (Fsp3) is 0.818. The molecule has 1 heterocycles. The fourth-order valence-corrected chi connectivity index (χ4v) is 1.40. The Morgan fingerprint density at radius 1 is 1.47 bits per heavy atom. The number of esters is 1. The van der Waals surface area contributed by atoms with Gasteiger partial charge in [0.05, 0.1) is 7.11 Å². The first-order valence-corrected chi connectivity index (χ1v) is 5.07. The van der Waals surface area contributed by atoms with Gasteiger partial charge in [-0.3, -0.25) is 0 Å². The summed E-state index contributed by atoms with van der Waals surface area (Å²) in [6.07, 6.45) is 0. The van der Waals surface area contributed by atoms with Gasteiger partial charge in [-0.1, -0.05) is 20.8 Å². The minimum atomic E-state index is -0.786. The second-order valence-corrected chi connectivity index (χ2v) is 5.02. The van der Waals surface area contributed by atoms with Crippen molar-refractivity contribution in [2.75, 3.05) is 7.11 Å². The van der Waals surface area contributed by atoms with Crippen LogP contribution in [0.4, 0.5) is 0 Å². The predicted molar refractivity (Wildman–Crippen MR) is 57.9 cm³/mol. The number of hydrogen-bond donors (Lipinski definition) is 0. The van der Waals surface area contributed by atoms with E-state index >= 15 is 0 Å². The molecule has 0 fully saturated rings.